The first kappa shape index (κ1) is 17.3. The number of anilines is 1. The lowest BCUT2D eigenvalue weighted by Gasteiger charge is -2.25. The van der Waals surface area contributed by atoms with E-state index < -0.39 is 10.0 Å². The van der Waals surface area contributed by atoms with E-state index in [1.54, 1.807) is 30.9 Å². The van der Waals surface area contributed by atoms with Crippen LogP contribution in [-0.2, 0) is 10.0 Å². The number of nitrogens with one attached hydrogen (secondary N) is 1. The molecule has 0 bridgehead atoms. The zero-order chi connectivity index (χ0) is 15.2. The van der Waals surface area contributed by atoms with E-state index in [0.29, 0.717) is 10.6 Å². The van der Waals surface area contributed by atoms with Crippen LogP contribution in [0.4, 0.5) is 5.69 Å². The maximum Gasteiger partial charge on any atom is 0.245 e. The summed E-state index contributed by atoms with van der Waals surface area (Å²) in [5.41, 5.74) is 0.678. The van der Waals surface area contributed by atoms with Crippen molar-refractivity contribution in [3.63, 3.8) is 0 Å². The molecular weight excluding hydrogens is 292 g/mol. The number of thioether (sulfide) groups is 1. The largest absolute Gasteiger partial charge is 0.384 e. The Labute approximate surface area is 127 Å². The second-order valence-corrected chi connectivity index (χ2v) is 7.63. The maximum atomic E-state index is 12.7. The zero-order valence-corrected chi connectivity index (χ0v) is 14.2. The van der Waals surface area contributed by atoms with Gasteiger partial charge in [0, 0.05) is 25.4 Å². The van der Waals surface area contributed by atoms with Crippen molar-refractivity contribution in [2.75, 3.05) is 30.9 Å². The fraction of sp³-hybridized carbons (Fsp3) is 0.571. The molecule has 4 nitrogen and oxygen atoms in total. The lowest BCUT2D eigenvalue weighted by atomic mass is 10.3. The highest BCUT2D eigenvalue weighted by Gasteiger charge is 2.27. The Kier molecular flexibility index (Phi) is 6.85. The molecule has 20 heavy (non-hydrogen) atoms. The predicted molar refractivity (Wildman–Crippen MR) is 88.0 cm³/mol. The van der Waals surface area contributed by atoms with Crippen molar-refractivity contribution in [3.8, 4) is 0 Å². The van der Waals surface area contributed by atoms with Gasteiger partial charge in [-0.3, -0.25) is 0 Å². The molecule has 0 amide bonds. The molecule has 0 heterocycles. The minimum absolute atomic E-state index is 0.0331. The number of hydrogen-bond acceptors (Lipinski definition) is 4. The normalized spacial score (nSPS) is 13.4. The van der Waals surface area contributed by atoms with Gasteiger partial charge in [0.2, 0.25) is 10.0 Å². The summed E-state index contributed by atoms with van der Waals surface area (Å²) in [5.74, 6) is 0.778. The quantitative estimate of drug-likeness (QED) is 0.801. The molecule has 0 aromatic heterocycles. The van der Waals surface area contributed by atoms with Crippen LogP contribution in [0.5, 0.6) is 0 Å². The van der Waals surface area contributed by atoms with E-state index in [9.17, 15) is 8.42 Å². The molecule has 0 aliphatic heterocycles. The Morgan fingerprint density at radius 2 is 2.00 bits per heavy atom. The minimum Gasteiger partial charge on any atom is -0.384 e. The van der Waals surface area contributed by atoms with Crippen LogP contribution in [0.2, 0.25) is 0 Å². The number of para-hydroxylation sites is 1. The van der Waals surface area contributed by atoms with Gasteiger partial charge in [0.25, 0.3) is 0 Å². The fourth-order valence-corrected chi connectivity index (χ4v) is 4.16. The van der Waals surface area contributed by atoms with E-state index in [2.05, 4.69) is 12.2 Å². The van der Waals surface area contributed by atoms with Crippen molar-refractivity contribution in [2.24, 2.45) is 0 Å². The monoisotopic (exact) mass is 316 g/mol. The molecule has 0 aliphatic carbocycles. The summed E-state index contributed by atoms with van der Waals surface area (Å²) in [6.45, 7) is 4.74. The summed E-state index contributed by atoms with van der Waals surface area (Å²) in [6, 6.07) is 7.05. The Morgan fingerprint density at radius 3 is 2.60 bits per heavy atom. The van der Waals surface area contributed by atoms with Gasteiger partial charge in [0.05, 0.1) is 5.69 Å². The third kappa shape index (κ3) is 4.14. The smallest absolute Gasteiger partial charge is 0.245 e. The molecule has 0 saturated carbocycles. The average Bonchev–Trinajstić information content (AvgIpc) is 2.44. The van der Waals surface area contributed by atoms with E-state index in [1.807, 2.05) is 25.3 Å². The number of hydrogen-bond donors (Lipinski definition) is 1. The Morgan fingerprint density at radius 1 is 1.35 bits per heavy atom. The molecule has 114 valence electrons. The maximum absolute atomic E-state index is 12.7. The summed E-state index contributed by atoms with van der Waals surface area (Å²) in [4.78, 5) is 0.351. The van der Waals surface area contributed by atoms with E-state index in [-0.39, 0.29) is 6.04 Å². The first-order chi connectivity index (χ1) is 9.45. The molecular formula is C14H24N2O2S2. The van der Waals surface area contributed by atoms with Crippen molar-refractivity contribution in [1.29, 1.82) is 0 Å². The molecule has 1 aromatic rings. The SMILES string of the molecule is CCCNc1ccccc1S(=O)(=O)N(C)C(C)CSC. The van der Waals surface area contributed by atoms with Gasteiger partial charge in [0.1, 0.15) is 4.90 Å². The number of rotatable bonds is 8. The van der Waals surface area contributed by atoms with Crippen LogP contribution >= 0.6 is 11.8 Å². The molecule has 1 atom stereocenters. The lowest BCUT2D eigenvalue weighted by molar-refractivity contribution is 0.415. The van der Waals surface area contributed by atoms with Crippen molar-refractivity contribution < 1.29 is 8.42 Å². The Balaban J connectivity index is 3.08. The molecule has 0 aliphatic rings. The van der Waals surface area contributed by atoms with Crippen LogP contribution in [0.25, 0.3) is 0 Å². The number of nitrogens with zero attached hydrogens (tertiary/aromatic N) is 1. The average molecular weight is 316 g/mol. The van der Waals surface area contributed by atoms with Crippen molar-refractivity contribution >= 4 is 27.5 Å². The van der Waals surface area contributed by atoms with Crippen LogP contribution < -0.4 is 5.32 Å². The van der Waals surface area contributed by atoms with Crippen molar-refractivity contribution in [3.05, 3.63) is 24.3 Å². The van der Waals surface area contributed by atoms with Gasteiger partial charge in [-0.15, -0.1) is 0 Å². The highest BCUT2D eigenvalue weighted by molar-refractivity contribution is 7.98. The Hall–Kier alpha value is -0.720. The van der Waals surface area contributed by atoms with Crippen molar-refractivity contribution in [2.45, 2.75) is 31.2 Å². The van der Waals surface area contributed by atoms with Crippen LogP contribution in [0, 0.1) is 0 Å². The molecule has 1 N–H and O–H groups in total. The van der Waals surface area contributed by atoms with Crippen LogP contribution in [0.3, 0.4) is 0 Å². The zero-order valence-electron chi connectivity index (χ0n) is 12.6. The molecule has 0 fully saturated rings. The summed E-state index contributed by atoms with van der Waals surface area (Å²) in [7, 11) is -1.82. The molecule has 6 heteroatoms. The second kappa shape index (κ2) is 7.90. The molecule has 1 rings (SSSR count). The van der Waals surface area contributed by atoms with Gasteiger partial charge >= 0.3 is 0 Å². The summed E-state index contributed by atoms with van der Waals surface area (Å²) >= 11 is 1.65. The summed E-state index contributed by atoms with van der Waals surface area (Å²) < 4.78 is 26.9. The van der Waals surface area contributed by atoms with Crippen molar-refractivity contribution in [1.82, 2.24) is 4.31 Å². The van der Waals surface area contributed by atoms with Crippen LogP contribution in [0.1, 0.15) is 20.3 Å². The number of sulfonamides is 1. The third-order valence-electron chi connectivity index (χ3n) is 3.14. The second-order valence-electron chi connectivity index (χ2n) is 4.75. The van der Waals surface area contributed by atoms with Gasteiger partial charge in [-0.2, -0.15) is 16.1 Å². The standard InChI is InChI=1S/C14H24N2O2S2/c1-5-10-15-13-8-6-7-9-14(13)20(17,18)16(3)12(2)11-19-4/h6-9,12,15H,5,10-11H2,1-4H3. The molecule has 0 saturated heterocycles. The van der Waals surface area contributed by atoms with E-state index >= 15 is 0 Å². The fourth-order valence-electron chi connectivity index (χ4n) is 1.84. The van der Waals surface area contributed by atoms with Gasteiger partial charge < -0.3 is 5.32 Å². The summed E-state index contributed by atoms with van der Waals surface area (Å²) in [6.07, 6.45) is 2.93. The van der Waals surface area contributed by atoms with E-state index in [4.69, 9.17) is 0 Å². The molecule has 1 aromatic carbocycles. The van der Waals surface area contributed by atoms with Crippen LogP contribution in [-0.4, -0.2) is 44.4 Å². The molecule has 0 radical (unpaired) electrons. The first-order valence-corrected chi connectivity index (χ1v) is 9.58. The summed E-state index contributed by atoms with van der Waals surface area (Å²) in [5, 5.41) is 3.18. The minimum atomic E-state index is -3.46. The topological polar surface area (TPSA) is 49.4 Å². The molecule has 1 unspecified atom stereocenters. The van der Waals surface area contributed by atoms with Gasteiger partial charge in [0.15, 0.2) is 0 Å². The predicted octanol–water partition coefficient (Wildman–Crippen LogP) is 2.88. The third-order valence-corrected chi connectivity index (χ3v) is 5.98. The van der Waals surface area contributed by atoms with Gasteiger partial charge in [-0.1, -0.05) is 19.1 Å². The van der Waals surface area contributed by atoms with E-state index in [0.717, 1.165) is 18.7 Å². The number of benzene rings is 1. The van der Waals surface area contributed by atoms with E-state index in [1.165, 1.54) is 4.31 Å². The Bertz CT molecular complexity index is 518. The van der Waals surface area contributed by atoms with Gasteiger partial charge in [-0.05, 0) is 31.7 Å². The highest BCUT2D eigenvalue weighted by Crippen LogP contribution is 2.25. The van der Waals surface area contributed by atoms with Gasteiger partial charge in [-0.25, -0.2) is 8.42 Å². The highest BCUT2D eigenvalue weighted by atomic mass is 32.2. The lowest BCUT2D eigenvalue weighted by Crippen LogP contribution is -2.36. The molecule has 0 spiro atoms. The van der Waals surface area contributed by atoms with Crippen LogP contribution in [0.15, 0.2) is 29.2 Å². The first-order valence-electron chi connectivity index (χ1n) is 6.75.